The minimum Gasteiger partial charge on any atom is -0.481 e. The van der Waals surface area contributed by atoms with Crippen molar-refractivity contribution in [2.45, 2.75) is 19.8 Å². The molecule has 1 unspecified atom stereocenters. The second-order valence-electron chi connectivity index (χ2n) is 3.76. The number of carbonyl (C=O) groups is 2. The molecule has 0 heterocycles. The van der Waals surface area contributed by atoms with Crippen molar-refractivity contribution in [3.05, 3.63) is 23.8 Å². The lowest BCUT2D eigenvalue weighted by Crippen LogP contribution is -2.23. The molecule has 1 aliphatic carbocycles. The fourth-order valence-electron chi connectivity index (χ4n) is 1.56. The van der Waals surface area contributed by atoms with E-state index in [1.54, 1.807) is 19.1 Å². The molecule has 2 N–H and O–H groups in total. The van der Waals surface area contributed by atoms with Crippen molar-refractivity contribution in [2.24, 2.45) is 5.41 Å². The summed E-state index contributed by atoms with van der Waals surface area (Å²) in [5, 5.41) is 17.4. The van der Waals surface area contributed by atoms with Crippen molar-refractivity contribution >= 4 is 11.9 Å². The number of hydrogen-bond acceptors (Lipinski definition) is 2. The van der Waals surface area contributed by atoms with Gasteiger partial charge in [0, 0.05) is 11.0 Å². The Kier molecular flexibility index (Phi) is 2.74. The summed E-state index contributed by atoms with van der Waals surface area (Å²) < 4.78 is 0. The molecule has 76 valence electrons. The summed E-state index contributed by atoms with van der Waals surface area (Å²) in [6.45, 7) is 1.74. The van der Waals surface area contributed by atoms with Crippen LogP contribution in [-0.2, 0) is 9.59 Å². The zero-order valence-corrected chi connectivity index (χ0v) is 7.86. The molecule has 1 rings (SSSR count). The highest BCUT2D eigenvalue weighted by Gasteiger charge is 2.29. The highest BCUT2D eigenvalue weighted by Crippen LogP contribution is 2.34. The predicted octanol–water partition coefficient (Wildman–Crippen LogP) is 1.44. The van der Waals surface area contributed by atoms with Crippen LogP contribution in [0.2, 0.25) is 0 Å². The summed E-state index contributed by atoms with van der Waals surface area (Å²) in [6, 6.07) is 0. The molecular weight excluding hydrogens is 184 g/mol. The van der Waals surface area contributed by atoms with Crippen LogP contribution in [0.15, 0.2) is 23.8 Å². The van der Waals surface area contributed by atoms with Crippen LogP contribution >= 0.6 is 0 Å². The monoisotopic (exact) mass is 196 g/mol. The Morgan fingerprint density at radius 2 is 2.14 bits per heavy atom. The van der Waals surface area contributed by atoms with Gasteiger partial charge in [0.1, 0.15) is 0 Å². The van der Waals surface area contributed by atoms with E-state index in [4.69, 9.17) is 10.2 Å². The topological polar surface area (TPSA) is 74.6 Å². The summed E-state index contributed by atoms with van der Waals surface area (Å²) in [7, 11) is 0. The molecule has 4 heteroatoms. The van der Waals surface area contributed by atoms with Crippen molar-refractivity contribution in [3.8, 4) is 0 Å². The molecule has 0 saturated carbocycles. The number of hydrogen-bond donors (Lipinski definition) is 2. The summed E-state index contributed by atoms with van der Waals surface area (Å²) in [5.41, 5.74) is -0.315. The molecule has 0 aromatic heterocycles. The van der Waals surface area contributed by atoms with Gasteiger partial charge in [0.05, 0.1) is 6.42 Å². The van der Waals surface area contributed by atoms with E-state index in [1.807, 2.05) is 0 Å². The average Bonchev–Trinajstić information content (AvgIpc) is 2.01. The first-order valence-corrected chi connectivity index (χ1v) is 4.26. The van der Waals surface area contributed by atoms with Gasteiger partial charge in [-0.3, -0.25) is 4.79 Å². The molecule has 14 heavy (non-hydrogen) atoms. The minimum absolute atomic E-state index is 0.0475. The van der Waals surface area contributed by atoms with Crippen LogP contribution in [0.1, 0.15) is 19.8 Å². The van der Waals surface area contributed by atoms with E-state index >= 15 is 0 Å². The van der Waals surface area contributed by atoms with E-state index in [-0.39, 0.29) is 18.4 Å². The molecule has 0 saturated heterocycles. The molecule has 1 atom stereocenters. The van der Waals surface area contributed by atoms with Crippen LogP contribution in [0.3, 0.4) is 0 Å². The van der Waals surface area contributed by atoms with E-state index < -0.39 is 17.4 Å². The van der Waals surface area contributed by atoms with Gasteiger partial charge >= 0.3 is 11.9 Å². The molecule has 0 aliphatic heterocycles. The van der Waals surface area contributed by atoms with Crippen LogP contribution < -0.4 is 0 Å². The van der Waals surface area contributed by atoms with Gasteiger partial charge in [0.2, 0.25) is 0 Å². The first-order valence-electron chi connectivity index (χ1n) is 4.26. The molecule has 0 bridgehead atoms. The van der Waals surface area contributed by atoms with Crippen molar-refractivity contribution in [1.29, 1.82) is 0 Å². The maximum Gasteiger partial charge on any atom is 0.331 e. The molecule has 0 radical (unpaired) electrons. The molecule has 1 aliphatic rings. The summed E-state index contributed by atoms with van der Waals surface area (Å²) in [6.07, 6.45) is 5.08. The highest BCUT2D eigenvalue weighted by atomic mass is 16.4. The lowest BCUT2D eigenvalue weighted by Gasteiger charge is -2.26. The quantitative estimate of drug-likeness (QED) is 0.716. The molecule has 0 spiro atoms. The number of aliphatic carboxylic acids is 2. The third-order valence-corrected chi connectivity index (χ3v) is 2.22. The van der Waals surface area contributed by atoms with Gasteiger partial charge in [-0.1, -0.05) is 25.2 Å². The average molecular weight is 196 g/mol. The molecule has 0 aromatic carbocycles. The maximum absolute atomic E-state index is 10.7. The van der Waals surface area contributed by atoms with E-state index in [1.165, 1.54) is 6.08 Å². The zero-order valence-electron chi connectivity index (χ0n) is 7.86. The molecule has 4 nitrogen and oxygen atoms in total. The van der Waals surface area contributed by atoms with Gasteiger partial charge in [0.15, 0.2) is 0 Å². The number of carboxylic acid groups (broad SMARTS) is 2. The first-order chi connectivity index (χ1) is 6.43. The second kappa shape index (κ2) is 3.65. The Balaban J connectivity index is 2.79. The second-order valence-corrected chi connectivity index (χ2v) is 3.76. The maximum atomic E-state index is 10.7. The zero-order chi connectivity index (χ0) is 10.8. The van der Waals surface area contributed by atoms with E-state index in [9.17, 15) is 9.59 Å². The third-order valence-electron chi connectivity index (χ3n) is 2.22. The predicted molar refractivity (Wildman–Crippen MR) is 49.8 cm³/mol. The Hall–Kier alpha value is -1.58. The van der Waals surface area contributed by atoms with Gasteiger partial charge < -0.3 is 10.2 Å². The number of allylic oxidation sites excluding steroid dienone is 3. The van der Waals surface area contributed by atoms with Gasteiger partial charge in [-0.25, -0.2) is 4.79 Å². The van der Waals surface area contributed by atoms with Crippen LogP contribution in [0, 0.1) is 5.41 Å². The SMILES string of the molecule is CC1(CC(=O)O)C=CC=C(C(=O)O)C1. The van der Waals surface area contributed by atoms with Crippen LogP contribution in [-0.4, -0.2) is 22.2 Å². The van der Waals surface area contributed by atoms with Gasteiger partial charge in [-0.2, -0.15) is 0 Å². The molecule has 0 amide bonds. The molecular formula is C10H12O4. The van der Waals surface area contributed by atoms with E-state index in [0.717, 1.165) is 0 Å². The Morgan fingerprint density at radius 3 is 2.64 bits per heavy atom. The smallest absolute Gasteiger partial charge is 0.331 e. The molecule has 0 aromatic rings. The Morgan fingerprint density at radius 1 is 1.50 bits per heavy atom. The van der Waals surface area contributed by atoms with Crippen LogP contribution in [0.25, 0.3) is 0 Å². The van der Waals surface area contributed by atoms with E-state index in [0.29, 0.717) is 0 Å². The summed E-state index contributed by atoms with van der Waals surface area (Å²) >= 11 is 0. The highest BCUT2D eigenvalue weighted by molar-refractivity contribution is 5.87. The normalized spacial score (nSPS) is 25.6. The van der Waals surface area contributed by atoms with Gasteiger partial charge in [-0.15, -0.1) is 0 Å². The molecule has 0 fully saturated rings. The van der Waals surface area contributed by atoms with Crippen molar-refractivity contribution in [3.63, 3.8) is 0 Å². The summed E-state index contributed by atoms with van der Waals surface area (Å²) in [4.78, 5) is 21.2. The van der Waals surface area contributed by atoms with E-state index in [2.05, 4.69) is 0 Å². The fourth-order valence-corrected chi connectivity index (χ4v) is 1.56. The fraction of sp³-hybridized carbons (Fsp3) is 0.400. The number of carboxylic acids is 2. The van der Waals surface area contributed by atoms with Crippen molar-refractivity contribution < 1.29 is 19.8 Å². The summed E-state index contributed by atoms with van der Waals surface area (Å²) in [5.74, 6) is -1.89. The minimum atomic E-state index is -0.981. The lowest BCUT2D eigenvalue weighted by molar-refractivity contribution is -0.139. The first kappa shape index (κ1) is 10.5. The van der Waals surface area contributed by atoms with Crippen molar-refractivity contribution in [1.82, 2.24) is 0 Å². The van der Waals surface area contributed by atoms with Crippen LogP contribution in [0.5, 0.6) is 0 Å². The Bertz CT molecular complexity index is 327. The lowest BCUT2D eigenvalue weighted by atomic mass is 9.77. The van der Waals surface area contributed by atoms with Crippen LogP contribution in [0.4, 0.5) is 0 Å². The number of rotatable bonds is 3. The van der Waals surface area contributed by atoms with Gasteiger partial charge in [-0.05, 0) is 6.42 Å². The Labute approximate surface area is 81.6 Å². The third kappa shape index (κ3) is 2.45. The standard InChI is InChI=1S/C10H12O4/c1-10(6-8(11)12)4-2-3-7(5-10)9(13)14/h2-4H,5-6H2,1H3,(H,11,12)(H,13,14). The largest absolute Gasteiger partial charge is 0.481 e. The van der Waals surface area contributed by atoms with Gasteiger partial charge in [0.25, 0.3) is 0 Å². The van der Waals surface area contributed by atoms with Crippen molar-refractivity contribution in [2.75, 3.05) is 0 Å².